The summed E-state index contributed by atoms with van der Waals surface area (Å²) in [6.07, 6.45) is 5.43. The average Bonchev–Trinajstić information content (AvgIpc) is 2.96. The van der Waals surface area contributed by atoms with E-state index >= 15 is 0 Å². The molecular weight excluding hydrogens is 500 g/mol. The van der Waals surface area contributed by atoms with E-state index in [1.807, 2.05) is 12.2 Å². The maximum Gasteiger partial charge on any atom is 0.310 e. The molecule has 0 amide bonds. The van der Waals surface area contributed by atoms with Crippen molar-refractivity contribution in [2.45, 2.75) is 80.3 Å². The number of allylic oxidation sites excluding steroid dienone is 2. The SMILES string of the molecule is C=CCc1cc(-c2cc(CC=C)c(OC(=O)CC)c(CN(CC)CC)c2)cc(CN(CC)CC)c1OC(=O)CC. The smallest absolute Gasteiger partial charge is 0.310 e. The van der Waals surface area contributed by atoms with Gasteiger partial charge in [-0.3, -0.25) is 19.4 Å². The van der Waals surface area contributed by atoms with E-state index in [0.29, 0.717) is 50.3 Å². The van der Waals surface area contributed by atoms with Crippen LogP contribution >= 0.6 is 0 Å². The van der Waals surface area contributed by atoms with E-state index in [1.165, 1.54) is 0 Å². The van der Waals surface area contributed by atoms with Gasteiger partial charge in [0, 0.05) is 37.1 Å². The number of rotatable bonds is 17. The van der Waals surface area contributed by atoms with Crippen LogP contribution < -0.4 is 9.47 Å². The van der Waals surface area contributed by atoms with Crippen LogP contribution in [0.4, 0.5) is 0 Å². The normalized spacial score (nSPS) is 11.1. The van der Waals surface area contributed by atoms with Gasteiger partial charge in [-0.2, -0.15) is 0 Å². The lowest BCUT2D eigenvalue weighted by Gasteiger charge is -2.24. The van der Waals surface area contributed by atoms with Crippen LogP contribution in [0.25, 0.3) is 11.1 Å². The number of hydrogen-bond donors (Lipinski definition) is 0. The molecule has 0 aliphatic rings. The quantitative estimate of drug-likeness (QED) is 0.119. The Morgan fingerprint density at radius 1 is 0.625 bits per heavy atom. The van der Waals surface area contributed by atoms with E-state index in [0.717, 1.165) is 59.6 Å². The molecule has 0 saturated heterocycles. The van der Waals surface area contributed by atoms with Crippen LogP contribution in [0.5, 0.6) is 11.5 Å². The fourth-order valence-corrected chi connectivity index (χ4v) is 4.70. The molecule has 0 spiro atoms. The van der Waals surface area contributed by atoms with Crippen molar-refractivity contribution in [3.05, 3.63) is 71.8 Å². The maximum atomic E-state index is 12.4. The first-order valence-electron chi connectivity index (χ1n) is 14.7. The molecule has 6 heteroatoms. The number of esters is 2. The first-order chi connectivity index (χ1) is 19.3. The summed E-state index contributed by atoms with van der Waals surface area (Å²) in [6, 6.07) is 8.46. The molecule has 2 aromatic rings. The van der Waals surface area contributed by atoms with Crippen LogP contribution in [0.1, 0.15) is 76.6 Å². The summed E-state index contributed by atoms with van der Waals surface area (Å²) in [5.74, 6) is 0.752. The highest BCUT2D eigenvalue weighted by atomic mass is 16.5. The van der Waals surface area contributed by atoms with E-state index in [-0.39, 0.29) is 11.9 Å². The Hall–Kier alpha value is -3.22. The predicted octanol–water partition coefficient (Wildman–Crippen LogP) is 7.13. The van der Waals surface area contributed by atoms with Gasteiger partial charge in [0.2, 0.25) is 0 Å². The van der Waals surface area contributed by atoms with Crippen molar-refractivity contribution in [3.8, 4) is 22.6 Å². The van der Waals surface area contributed by atoms with Gasteiger partial charge in [0.05, 0.1) is 0 Å². The van der Waals surface area contributed by atoms with Crippen molar-refractivity contribution in [2.24, 2.45) is 0 Å². The number of ether oxygens (including phenoxy) is 2. The first-order valence-corrected chi connectivity index (χ1v) is 14.7. The summed E-state index contributed by atoms with van der Waals surface area (Å²) < 4.78 is 11.8. The lowest BCUT2D eigenvalue weighted by atomic mass is 9.92. The van der Waals surface area contributed by atoms with Crippen LogP contribution in [0.15, 0.2) is 49.6 Å². The zero-order chi connectivity index (χ0) is 29.7. The molecule has 0 aliphatic carbocycles. The summed E-state index contributed by atoms with van der Waals surface area (Å²) in [5.41, 5.74) is 5.83. The summed E-state index contributed by atoms with van der Waals surface area (Å²) in [4.78, 5) is 29.5. The van der Waals surface area contributed by atoms with Gasteiger partial charge in [0.15, 0.2) is 0 Å². The fraction of sp³-hybridized carbons (Fsp3) is 0.471. The van der Waals surface area contributed by atoms with Crippen LogP contribution in [-0.2, 0) is 35.5 Å². The molecule has 0 aliphatic heterocycles. The second kappa shape index (κ2) is 16.8. The number of hydrogen-bond acceptors (Lipinski definition) is 6. The molecule has 6 nitrogen and oxygen atoms in total. The summed E-state index contributed by atoms with van der Waals surface area (Å²) in [6.45, 7) is 24.9. The van der Waals surface area contributed by atoms with Gasteiger partial charge in [0.1, 0.15) is 11.5 Å². The minimum atomic E-state index is -0.254. The number of carbonyl (C=O) groups excluding carboxylic acids is 2. The molecule has 0 heterocycles. The second-order valence-electron chi connectivity index (χ2n) is 9.81. The topological polar surface area (TPSA) is 59.1 Å². The summed E-state index contributed by atoms with van der Waals surface area (Å²) in [5, 5.41) is 0. The zero-order valence-electron chi connectivity index (χ0n) is 25.5. The molecule has 40 heavy (non-hydrogen) atoms. The Balaban J connectivity index is 2.85. The van der Waals surface area contributed by atoms with E-state index in [2.05, 4.69) is 74.9 Å². The fourth-order valence-electron chi connectivity index (χ4n) is 4.70. The Bertz CT molecular complexity index is 1070. The van der Waals surface area contributed by atoms with Crippen LogP contribution in [0, 0.1) is 0 Å². The Morgan fingerprint density at radius 2 is 0.950 bits per heavy atom. The Morgan fingerprint density at radius 3 is 1.23 bits per heavy atom. The van der Waals surface area contributed by atoms with Gasteiger partial charge in [-0.05, 0) is 85.5 Å². The third-order valence-electron chi connectivity index (χ3n) is 7.13. The van der Waals surface area contributed by atoms with Crippen LogP contribution in [0.3, 0.4) is 0 Å². The lowest BCUT2D eigenvalue weighted by molar-refractivity contribution is -0.135. The number of carbonyl (C=O) groups is 2. The Labute approximate surface area is 241 Å². The molecule has 0 N–H and O–H groups in total. The van der Waals surface area contributed by atoms with E-state index < -0.39 is 0 Å². The average molecular weight is 549 g/mol. The van der Waals surface area contributed by atoms with Crippen LogP contribution in [0.2, 0.25) is 0 Å². The van der Waals surface area contributed by atoms with Gasteiger partial charge in [-0.1, -0.05) is 53.7 Å². The molecule has 0 atom stereocenters. The van der Waals surface area contributed by atoms with Crippen molar-refractivity contribution in [2.75, 3.05) is 26.2 Å². The van der Waals surface area contributed by atoms with E-state index in [4.69, 9.17) is 9.47 Å². The zero-order valence-corrected chi connectivity index (χ0v) is 25.5. The van der Waals surface area contributed by atoms with Gasteiger partial charge < -0.3 is 9.47 Å². The summed E-state index contributed by atoms with van der Waals surface area (Å²) >= 11 is 0. The molecular formula is C34H48N2O4. The molecule has 0 saturated carbocycles. The van der Waals surface area contributed by atoms with E-state index in [9.17, 15) is 9.59 Å². The molecule has 0 radical (unpaired) electrons. The van der Waals surface area contributed by atoms with E-state index in [1.54, 1.807) is 13.8 Å². The van der Waals surface area contributed by atoms with Crippen molar-refractivity contribution >= 4 is 11.9 Å². The molecule has 218 valence electrons. The highest BCUT2D eigenvalue weighted by Gasteiger charge is 2.21. The Kier molecular flexibility index (Phi) is 13.8. The third-order valence-corrected chi connectivity index (χ3v) is 7.13. The molecule has 2 rings (SSSR count). The molecule has 2 aromatic carbocycles. The third kappa shape index (κ3) is 8.90. The second-order valence-corrected chi connectivity index (χ2v) is 9.81. The predicted molar refractivity (Wildman–Crippen MR) is 165 cm³/mol. The maximum absolute atomic E-state index is 12.4. The van der Waals surface area contributed by atoms with Crippen molar-refractivity contribution in [1.29, 1.82) is 0 Å². The highest BCUT2D eigenvalue weighted by Crippen LogP contribution is 2.37. The number of benzene rings is 2. The minimum Gasteiger partial charge on any atom is -0.426 e. The van der Waals surface area contributed by atoms with Gasteiger partial charge >= 0.3 is 11.9 Å². The van der Waals surface area contributed by atoms with Gasteiger partial charge in [0.25, 0.3) is 0 Å². The lowest BCUT2D eigenvalue weighted by Crippen LogP contribution is -2.23. The van der Waals surface area contributed by atoms with Gasteiger partial charge in [-0.25, -0.2) is 0 Å². The highest BCUT2D eigenvalue weighted by molar-refractivity contribution is 5.77. The molecule has 0 bridgehead atoms. The van der Waals surface area contributed by atoms with Crippen molar-refractivity contribution < 1.29 is 19.1 Å². The minimum absolute atomic E-state index is 0.254. The molecule has 0 fully saturated rings. The standard InChI is InChI=1S/C34H48N2O4/c1-9-17-25-19-27(21-29(23-35(13-5)14-6)33(25)39-31(37)11-3)28-20-26(18-10-2)34(40-32(38)12-4)30(22-28)24-36(15-7)16-8/h9-10,19-22H,1-2,11-18,23-24H2,3-8H3. The van der Waals surface area contributed by atoms with Crippen molar-refractivity contribution in [3.63, 3.8) is 0 Å². The van der Waals surface area contributed by atoms with Gasteiger partial charge in [-0.15, -0.1) is 13.2 Å². The van der Waals surface area contributed by atoms with Crippen molar-refractivity contribution in [1.82, 2.24) is 9.80 Å². The monoisotopic (exact) mass is 548 g/mol. The molecule has 0 aromatic heterocycles. The number of nitrogens with zero attached hydrogens (tertiary/aromatic N) is 2. The largest absolute Gasteiger partial charge is 0.426 e. The van der Waals surface area contributed by atoms with Crippen LogP contribution in [-0.4, -0.2) is 47.9 Å². The summed E-state index contributed by atoms with van der Waals surface area (Å²) in [7, 11) is 0. The molecule has 0 unspecified atom stereocenters. The first kappa shape index (κ1) is 33.0.